The Morgan fingerprint density at radius 3 is 2.57 bits per heavy atom. The number of rotatable bonds is 7. The molecule has 188 valence electrons. The van der Waals surface area contributed by atoms with Crippen LogP contribution >= 0.6 is 0 Å². The molecule has 2 saturated heterocycles. The lowest BCUT2D eigenvalue weighted by atomic mass is 9.74. The van der Waals surface area contributed by atoms with Gasteiger partial charge in [-0.2, -0.15) is 0 Å². The smallest absolute Gasteiger partial charge is 0.165 e. The van der Waals surface area contributed by atoms with Gasteiger partial charge in [-0.25, -0.2) is 15.0 Å². The fourth-order valence-electron chi connectivity index (χ4n) is 5.53. The van der Waals surface area contributed by atoms with E-state index in [1.54, 1.807) is 6.20 Å². The summed E-state index contributed by atoms with van der Waals surface area (Å²) in [6.07, 6.45) is 8.99. The van der Waals surface area contributed by atoms with Gasteiger partial charge in [0.25, 0.3) is 0 Å². The normalized spacial score (nSPS) is 17.4. The zero-order valence-electron chi connectivity index (χ0n) is 21.5. The van der Waals surface area contributed by atoms with E-state index in [-0.39, 0.29) is 0 Å². The molecule has 3 aromatic heterocycles. The fourth-order valence-corrected chi connectivity index (χ4v) is 5.53. The van der Waals surface area contributed by atoms with E-state index in [9.17, 15) is 0 Å². The summed E-state index contributed by atoms with van der Waals surface area (Å²) in [7, 11) is 0. The van der Waals surface area contributed by atoms with E-state index < -0.39 is 0 Å². The van der Waals surface area contributed by atoms with Crippen LogP contribution in [0.3, 0.4) is 0 Å². The summed E-state index contributed by atoms with van der Waals surface area (Å²) < 4.78 is 2.11. The molecule has 1 aromatic carbocycles. The van der Waals surface area contributed by atoms with Crippen molar-refractivity contribution in [3.05, 3.63) is 84.2 Å². The maximum atomic E-state index is 6.30. The molecule has 2 fully saturated rings. The molecule has 0 atom stereocenters. The fraction of sp³-hybridized carbons (Fsp3) is 0.300. The lowest BCUT2D eigenvalue weighted by Gasteiger charge is -2.56. The van der Waals surface area contributed by atoms with Crippen molar-refractivity contribution in [3.63, 3.8) is 0 Å². The highest BCUT2D eigenvalue weighted by Crippen LogP contribution is 2.35. The molecule has 3 N–H and O–H groups in total. The van der Waals surface area contributed by atoms with Gasteiger partial charge >= 0.3 is 0 Å². The Labute approximate surface area is 217 Å². The topological polar surface area (TPSA) is 84.9 Å². The third-order valence-electron chi connectivity index (χ3n) is 7.37. The third-order valence-corrected chi connectivity index (χ3v) is 7.37. The van der Waals surface area contributed by atoms with E-state index in [4.69, 9.17) is 15.7 Å². The molecular weight excluding hydrogens is 458 g/mol. The minimum atomic E-state index is 0.452. The summed E-state index contributed by atoms with van der Waals surface area (Å²) >= 11 is 0. The number of likely N-dealkylation sites (tertiary alicyclic amines) is 1. The molecular formula is C30H33N7. The number of nitrogens with two attached hydrogens (primary N) is 1. The molecule has 7 nitrogen and oxygen atoms in total. The average Bonchev–Trinajstić information content (AvgIpc) is 3.24. The van der Waals surface area contributed by atoms with Gasteiger partial charge in [0.1, 0.15) is 11.3 Å². The highest BCUT2D eigenvalue weighted by Gasteiger charge is 2.47. The molecule has 0 amide bonds. The largest absolute Gasteiger partial charge is 0.383 e. The van der Waals surface area contributed by atoms with Crippen LogP contribution < -0.4 is 11.1 Å². The molecule has 0 unspecified atom stereocenters. The van der Waals surface area contributed by atoms with Gasteiger partial charge in [0.2, 0.25) is 0 Å². The number of fused-ring (bicyclic) bond motifs is 1. The first-order valence-corrected chi connectivity index (χ1v) is 13.1. The number of imidazole rings is 1. The Bertz CT molecular complexity index is 1480. The Morgan fingerprint density at radius 1 is 1.08 bits per heavy atom. The van der Waals surface area contributed by atoms with Crippen LogP contribution in [0.1, 0.15) is 31.5 Å². The number of anilines is 1. The molecule has 2 aliphatic heterocycles. The van der Waals surface area contributed by atoms with Gasteiger partial charge in [-0.15, -0.1) is 0 Å². The number of aromatic nitrogens is 4. The third kappa shape index (κ3) is 4.34. The van der Waals surface area contributed by atoms with Crippen LogP contribution in [0, 0.1) is 5.41 Å². The minimum Gasteiger partial charge on any atom is -0.383 e. The van der Waals surface area contributed by atoms with E-state index in [0.717, 1.165) is 65.6 Å². The van der Waals surface area contributed by atoms with E-state index >= 15 is 0 Å². The molecule has 1 spiro atoms. The lowest BCUT2D eigenvalue weighted by molar-refractivity contribution is -0.0444. The average molecular weight is 492 g/mol. The van der Waals surface area contributed by atoms with E-state index in [0.29, 0.717) is 11.2 Å². The zero-order valence-corrected chi connectivity index (χ0v) is 21.5. The van der Waals surface area contributed by atoms with Crippen LogP contribution in [0.2, 0.25) is 0 Å². The first-order valence-electron chi connectivity index (χ1n) is 13.1. The summed E-state index contributed by atoms with van der Waals surface area (Å²) in [5.74, 6) is 1.20. The van der Waals surface area contributed by atoms with Crippen molar-refractivity contribution in [2.24, 2.45) is 5.41 Å². The first kappa shape index (κ1) is 23.6. The second-order valence-electron chi connectivity index (χ2n) is 10.2. The number of nitrogens with one attached hydrogen (secondary N) is 1. The van der Waals surface area contributed by atoms with Crippen molar-refractivity contribution in [1.29, 1.82) is 0 Å². The minimum absolute atomic E-state index is 0.452. The van der Waals surface area contributed by atoms with Crippen LogP contribution in [0.4, 0.5) is 5.82 Å². The van der Waals surface area contributed by atoms with Crippen LogP contribution in [0.15, 0.2) is 73.0 Å². The summed E-state index contributed by atoms with van der Waals surface area (Å²) in [6.45, 7) is 9.84. The van der Waals surface area contributed by atoms with Gasteiger partial charge in [0, 0.05) is 50.0 Å². The Balaban J connectivity index is 1.41. The second kappa shape index (κ2) is 9.57. The molecule has 4 aromatic rings. The standard InChI is InChI=1S/C30H33N7/c1-3-6-22(7-4-2)25-13-14-26-29(34-25)37(28(35-26)24-8-5-15-33-27(24)31)23-11-9-21(10-12-23)16-36-19-30(20-36)17-32-18-30/h3,5-15,32H,4,16-20H2,1-2H3,(H2,31,33)/b6-3-,22-7+. The second-order valence-corrected chi connectivity index (χ2v) is 10.2. The Hall–Kier alpha value is -3.81. The predicted molar refractivity (Wildman–Crippen MR) is 150 cm³/mol. The van der Waals surface area contributed by atoms with E-state index in [2.05, 4.69) is 63.1 Å². The van der Waals surface area contributed by atoms with Crippen LogP contribution in [-0.4, -0.2) is 50.6 Å². The van der Waals surface area contributed by atoms with Gasteiger partial charge in [-0.05, 0) is 60.9 Å². The highest BCUT2D eigenvalue weighted by molar-refractivity contribution is 5.85. The van der Waals surface area contributed by atoms with Crippen molar-refractivity contribution in [1.82, 2.24) is 29.7 Å². The first-order chi connectivity index (χ1) is 18.1. The Morgan fingerprint density at radius 2 is 1.89 bits per heavy atom. The Kier molecular flexibility index (Phi) is 6.10. The van der Waals surface area contributed by atoms with Crippen LogP contribution in [-0.2, 0) is 6.54 Å². The number of benzene rings is 1. The quantitative estimate of drug-likeness (QED) is 0.360. The molecule has 0 radical (unpaired) electrons. The van der Waals surface area contributed by atoms with Crippen molar-refractivity contribution in [2.75, 3.05) is 31.9 Å². The molecule has 0 saturated carbocycles. The number of nitrogens with zero attached hydrogens (tertiary/aromatic N) is 5. The molecule has 6 rings (SSSR count). The van der Waals surface area contributed by atoms with Gasteiger partial charge in [-0.1, -0.05) is 37.3 Å². The lowest BCUT2D eigenvalue weighted by Crippen LogP contribution is -2.70. The SMILES string of the molecule is C/C=C\C(=C/CC)c1ccc2nc(-c3cccnc3N)n(-c3ccc(CN4CC5(CNC5)C4)cc3)c2n1. The van der Waals surface area contributed by atoms with Crippen molar-refractivity contribution in [3.8, 4) is 17.1 Å². The summed E-state index contributed by atoms with van der Waals surface area (Å²) in [5.41, 5.74) is 13.6. The highest BCUT2D eigenvalue weighted by atomic mass is 15.3. The summed E-state index contributed by atoms with van der Waals surface area (Å²) in [4.78, 5) is 16.9. The van der Waals surface area contributed by atoms with Gasteiger partial charge in [-0.3, -0.25) is 9.47 Å². The van der Waals surface area contributed by atoms with Crippen LogP contribution in [0.25, 0.3) is 33.8 Å². The summed E-state index contributed by atoms with van der Waals surface area (Å²) in [6, 6.07) is 16.7. The van der Waals surface area contributed by atoms with Crippen molar-refractivity contribution in [2.45, 2.75) is 26.8 Å². The molecule has 37 heavy (non-hydrogen) atoms. The van der Waals surface area contributed by atoms with Gasteiger partial charge in [0.05, 0.1) is 11.3 Å². The maximum Gasteiger partial charge on any atom is 0.165 e. The number of allylic oxidation sites excluding steroid dienone is 4. The van der Waals surface area contributed by atoms with Gasteiger partial charge < -0.3 is 11.1 Å². The molecule has 2 aliphatic rings. The number of nitrogen functional groups attached to an aromatic ring is 1. The molecule has 0 bridgehead atoms. The van der Waals surface area contributed by atoms with E-state index in [1.165, 1.54) is 18.7 Å². The van der Waals surface area contributed by atoms with Gasteiger partial charge in [0.15, 0.2) is 11.5 Å². The van der Waals surface area contributed by atoms with Crippen LogP contribution in [0.5, 0.6) is 0 Å². The molecule has 0 aliphatic carbocycles. The zero-order chi connectivity index (χ0) is 25.4. The maximum absolute atomic E-state index is 6.30. The molecule has 7 heteroatoms. The van der Waals surface area contributed by atoms with E-state index in [1.807, 2.05) is 37.3 Å². The molecule has 5 heterocycles. The van der Waals surface area contributed by atoms with Crippen molar-refractivity contribution < 1.29 is 0 Å². The number of hydrogen-bond acceptors (Lipinski definition) is 6. The number of pyridine rings is 2. The number of hydrogen-bond donors (Lipinski definition) is 2. The monoisotopic (exact) mass is 491 g/mol. The summed E-state index contributed by atoms with van der Waals surface area (Å²) in [5, 5.41) is 3.41. The predicted octanol–water partition coefficient (Wildman–Crippen LogP) is 4.84. The van der Waals surface area contributed by atoms with Crippen molar-refractivity contribution >= 4 is 22.6 Å².